The van der Waals surface area contributed by atoms with E-state index in [1.807, 2.05) is 36.7 Å². The summed E-state index contributed by atoms with van der Waals surface area (Å²) in [5.74, 6) is -0.731. The van der Waals surface area contributed by atoms with Gasteiger partial charge in [-0.1, -0.05) is 35.9 Å². The largest absolute Gasteiger partial charge is 0.346 e. The smallest absolute Gasteiger partial charge is 0.263 e. The number of amides is 1. The molecule has 2 heterocycles. The number of halogens is 2. The van der Waals surface area contributed by atoms with Crippen LogP contribution >= 0.6 is 11.6 Å². The third kappa shape index (κ3) is 2.49. The summed E-state index contributed by atoms with van der Waals surface area (Å²) in [6.07, 6.45) is 6.71. The number of rotatable bonds is 1. The molecule has 0 fully saturated rings. The molecule has 3 nitrogen and oxygen atoms in total. The van der Waals surface area contributed by atoms with E-state index < -0.39 is 5.82 Å². The molecule has 0 spiro atoms. The molecule has 0 aliphatic carbocycles. The van der Waals surface area contributed by atoms with Gasteiger partial charge in [-0.05, 0) is 29.8 Å². The maximum Gasteiger partial charge on any atom is 0.263 e. The molecule has 0 unspecified atom stereocenters. The van der Waals surface area contributed by atoms with Crippen molar-refractivity contribution < 1.29 is 9.18 Å². The zero-order valence-electron chi connectivity index (χ0n) is 12.7. The fraction of sp³-hybridized carbons (Fsp3) is 0.105. The molecule has 4 rings (SSSR count). The molecule has 0 saturated heterocycles. The summed E-state index contributed by atoms with van der Waals surface area (Å²) in [5.41, 5.74) is 3.18. The number of allylic oxidation sites excluding steroid dienone is 1. The predicted molar refractivity (Wildman–Crippen MR) is 92.0 cm³/mol. The van der Waals surface area contributed by atoms with Crippen LogP contribution in [0.3, 0.4) is 0 Å². The van der Waals surface area contributed by atoms with Gasteiger partial charge in [-0.15, -0.1) is 0 Å². The van der Waals surface area contributed by atoms with Gasteiger partial charge >= 0.3 is 0 Å². The van der Waals surface area contributed by atoms with E-state index in [9.17, 15) is 9.18 Å². The third-order valence-corrected chi connectivity index (χ3v) is 4.54. The molecular formula is C19H14ClFN2O. The summed E-state index contributed by atoms with van der Waals surface area (Å²) in [6, 6.07) is 11.6. The first-order chi connectivity index (χ1) is 11.6. The number of carbonyl (C=O) groups excluding carboxylic acids is 1. The summed E-state index contributed by atoms with van der Waals surface area (Å²) < 4.78 is 13.3. The lowest BCUT2D eigenvalue weighted by molar-refractivity contribution is 0.0997. The number of hydrogen-bond acceptors (Lipinski definition) is 2. The highest BCUT2D eigenvalue weighted by atomic mass is 35.5. The van der Waals surface area contributed by atoms with Gasteiger partial charge in [0.2, 0.25) is 0 Å². The summed E-state index contributed by atoms with van der Waals surface area (Å²) in [4.78, 5) is 16.8. The molecule has 0 radical (unpaired) electrons. The first-order valence-corrected chi connectivity index (χ1v) is 8.02. The van der Waals surface area contributed by atoms with Crippen molar-refractivity contribution in [3.63, 3.8) is 0 Å². The van der Waals surface area contributed by atoms with Gasteiger partial charge in [0.25, 0.3) is 5.91 Å². The van der Waals surface area contributed by atoms with Crippen molar-refractivity contribution in [2.75, 3.05) is 4.90 Å². The second-order valence-electron chi connectivity index (χ2n) is 5.77. The van der Waals surface area contributed by atoms with Gasteiger partial charge in [0, 0.05) is 31.1 Å². The van der Waals surface area contributed by atoms with Crippen molar-refractivity contribution >= 4 is 23.2 Å². The van der Waals surface area contributed by atoms with Gasteiger partial charge in [-0.2, -0.15) is 0 Å². The number of hydrogen-bond donors (Lipinski definition) is 0. The average Bonchev–Trinajstić information content (AvgIpc) is 2.93. The molecule has 2 aromatic rings. The Morgan fingerprint density at radius 3 is 2.83 bits per heavy atom. The molecule has 2 aliphatic heterocycles. The maximum absolute atomic E-state index is 13.3. The van der Waals surface area contributed by atoms with Crippen LogP contribution in [-0.4, -0.2) is 10.8 Å². The van der Waals surface area contributed by atoms with Crippen LogP contribution in [0.5, 0.6) is 0 Å². The zero-order chi connectivity index (χ0) is 16.7. The topological polar surface area (TPSA) is 23.6 Å². The second kappa shape index (κ2) is 5.80. The van der Waals surface area contributed by atoms with Crippen LogP contribution in [-0.2, 0) is 6.54 Å². The van der Waals surface area contributed by atoms with Crippen LogP contribution in [0.25, 0.3) is 0 Å². The Balaban J connectivity index is 1.83. The Morgan fingerprint density at radius 1 is 1.17 bits per heavy atom. The van der Waals surface area contributed by atoms with E-state index >= 15 is 0 Å². The lowest BCUT2D eigenvalue weighted by Crippen LogP contribution is -2.26. The predicted octanol–water partition coefficient (Wildman–Crippen LogP) is 4.70. The summed E-state index contributed by atoms with van der Waals surface area (Å²) in [5, 5.41) is 0.113. The van der Waals surface area contributed by atoms with Crippen LogP contribution in [0.2, 0.25) is 5.02 Å². The first kappa shape index (κ1) is 15.0. The third-order valence-electron chi connectivity index (χ3n) is 4.23. The van der Waals surface area contributed by atoms with Crippen LogP contribution in [0.15, 0.2) is 66.6 Å². The Labute approximate surface area is 144 Å². The Morgan fingerprint density at radius 2 is 2.00 bits per heavy atom. The normalized spacial score (nSPS) is 15.7. The highest BCUT2D eigenvalue weighted by Gasteiger charge is 2.26. The minimum Gasteiger partial charge on any atom is -0.346 e. The van der Waals surface area contributed by atoms with Gasteiger partial charge in [-0.25, -0.2) is 4.39 Å². The Bertz CT molecular complexity index is 891. The number of para-hydroxylation sites is 1. The molecule has 5 heteroatoms. The molecule has 120 valence electrons. The van der Waals surface area contributed by atoms with E-state index in [1.165, 1.54) is 12.1 Å². The second-order valence-corrected chi connectivity index (χ2v) is 6.17. The van der Waals surface area contributed by atoms with Gasteiger partial charge < -0.3 is 4.90 Å². The number of benzene rings is 2. The van der Waals surface area contributed by atoms with E-state index in [1.54, 1.807) is 4.90 Å². The van der Waals surface area contributed by atoms with E-state index in [0.29, 0.717) is 6.54 Å². The van der Waals surface area contributed by atoms with Crippen molar-refractivity contribution in [2.24, 2.45) is 0 Å². The van der Waals surface area contributed by atoms with Gasteiger partial charge in [0.1, 0.15) is 5.82 Å². The van der Waals surface area contributed by atoms with Crippen LogP contribution in [0.1, 0.15) is 22.3 Å². The fourth-order valence-electron chi connectivity index (χ4n) is 3.04. The van der Waals surface area contributed by atoms with Crippen LogP contribution < -0.4 is 4.90 Å². The van der Waals surface area contributed by atoms with Crippen molar-refractivity contribution in [3.8, 4) is 0 Å². The minimum absolute atomic E-state index is 0.113. The van der Waals surface area contributed by atoms with Crippen molar-refractivity contribution in [1.29, 1.82) is 0 Å². The summed E-state index contributed by atoms with van der Waals surface area (Å²) >= 11 is 6.09. The lowest BCUT2D eigenvalue weighted by atomic mass is 10.1. The average molecular weight is 341 g/mol. The van der Waals surface area contributed by atoms with Gasteiger partial charge in [0.05, 0.1) is 16.3 Å². The highest BCUT2D eigenvalue weighted by Crippen LogP contribution is 2.33. The van der Waals surface area contributed by atoms with Crippen LogP contribution in [0.4, 0.5) is 10.1 Å². The standard InChI is InChI=1S/C19H14ClFN2O/c20-17-10-14(21)7-8-16(17)19(24)23-12-15-5-3-9-22(15)11-13-4-1-2-6-18(13)23/h1-4,6-10,12H,5,11H2. The fourth-order valence-corrected chi connectivity index (χ4v) is 3.29. The van der Waals surface area contributed by atoms with Crippen molar-refractivity contribution in [1.82, 2.24) is 4.90 Å². The van der Waals surface area contributed by atoms with E-state index in [4.69, 9.17) is 11.6 Å². The quantitative estimate of drug-likeness (QED) is 0.751. The zero-order valence-corrected chi connectivity index (χ0v) is 13.5. The number of carbonyl (C=O) groups is 1. The minimum atomic E-state index is -0.461. The molecule has 0 bridgehead atoms. The van der Waals surface area contributed by atoms with Crippen molar-refractivity contribution in [3.05, 3.63) is 88.6 Å². The van der Waals surface area contributed by atoms with Crippen LogP contribution in [0, 0.1) is 5.82 Å². The molecule has 24 heavy (non-hydrogen) atoms. The maximum atomic E-state index is 13.3. The number of fused-ring (bicyclic) bond motifs is 2. The van der Waals surface area contributed by atoms with Crippen molar-refractivity contribution in [2.45, 2.75) is 13.0 Å². The summed E-state index contributed by atoms with van der Waals surface area (Å²) in [6.45, 7) is 0.708. The molecule has 0 atom stereocenters. The molecule has 0 aromatic heterocycles. The monoisotopic (exact) mass is 340 g/mol. The number of nitrogens with zero attached hydrogens (tertiary/aromatic N) is 2. The summed E-state index contributed by atoms with van der Waals surface area (Å²) in [7, 11) is 0. The number of anilines is 1. The lowest BCUT2D eigenvalue weighted by Gasteiger charge is -2.20. The Hall–Kier alpha value is -2.59. The van der Waals surface area contributed by atoms with E-state index in [-0.39, 0.29) is 16.5 Å². The van der Waals surface area contributed by atoms with E-state index in [2.05, 4.69) is 11.0 Å². The SMILES string of the molecule is O=C(c1ccc(F)cc1Cl)N1C=C2CC=CN2Cc2ccccc21. The Kier molecular flexibility index (Phi) is 3.62. The highest BCUT2D eigenvalue weighted by molar-refractivity contribution is 6.34. The molecule has 2 aliphatic rings. The van der Waals surface area contributed by atoms with Gasteiger partial charge in [0.15, 0.2) is 0 Å². The molecule has 0 saturated carbocycles. The molecule has 2 aromatic carbocycles. The van der Waals surface area contributed by atoms with Gasteiger partial charge in [-0.3, -0.25) is 9.69 Å². The molecule has 0 N–H and O–H groups in total. The molecular weight excluding hydrogens is 327 g/mol. The first-order valence-electron chi connectivity index (χ1n) is 7.64. The van der Waals surface area contributed by atoms with E-state index in [0.717, 1.165) is 29.4 Å². The molecule has 1 amide bonds.